The first kappa shape index (κ1) is 11.7. The number of aryl methyl sites for hydroxylation is 1. The third kappa shape index (κ3) is 2.42. The van der Waals surface area contributed by atoms with Crippen LogP contribution in [0.3, 0.4) is 0 Å². The quantitative estimate of drug-likeness (QED) is 0.850. The largest absolute Gasteiger partial charge is 0.360 e. The second-order valence-electron chi connectivity index (χ2n) is 4.34. The van der Waals surface area contributed by atoms with Crippen molar-refractivity contribution < 1.29 is 4.74 Å². The molecule has 1 aromatic heterocycles. The number of hydrogen-bond acceptors (Lipinski definition) is 4. The lowest BCUT2D eigenvalue weighted by Gasteiger charge is -2.05. The molecule has 1 aliphatic rings. The number of rotatable bonds is 3. The Morgan fingerprint density at radius 1 is 1.44 bits per heavy atom. The fraction of sp³-hybridized carbons (Fsp3) is 0.385. The molecule has 2 heterocycles. The van der Waals surface area contributed by atoms with Crippen molar-refractivity contribution in [2.24, 2.45) is 0 Å². The zero-order valence-corrected chi connectivity index (χ0v) is 11.1. The van der Waals surface area contributed by atoms with Gasteiger partial charge in [-0.1, -0.05) is 29.5 Å². The predicted octanol–water partition coefficient (Wildman–Crippen LogP) is 2.40. The van der Waals surface area contributed by atoms with Crippen LogP contribution in [0.1, 0.15) is 22.3 Å². The summed E-state index contributed by atoms with van der Waals surface area (Å²) in [6.07, 6.45) is 1.98. The molecule has 1 saturated heterocycles. The van der Waals surface area contributed by atoms with Crippen LogP contribution in [-0.2, 0) is 11.3 Å². The molecule has 2 aromatic rings. The average Bonchev–Trinajstić information content (AvgIpc) is 3.02. The molecule has 1 unspecified atom stereocenters. The topological polar surface area (TPSA) is 39.9 Å². The molecule has 0 spiro atoms. The molecular weight excluding hydrogens is 246 g/mol. The van der Waals surface area contributed by atoms with Gasteiger partial charge in [0.25, 0.3) is 0 Å². The molecule has 1 atom stereocenters. The van der Waals surface area contributed by atoms with Crippen molar-refractivity contribution in [1.29, 1.82) is 0 Å². The van der Waals surface area contributed by atoms with E-state index in [4.69, 9.17) is 4.74 Å². The lowest BCUT2D eigenvalue weighted by Crippen LogP contribution is -2.02. The van der Waals surface area contributed by atoms with Gasteiger partial charge in [-0.25, -0.2) is 4.68 Å². The van der Waals surface area contributed by atoms with Crippen LogP contribution in [0.4, 0.5) is 0 Å². The third-order valence-electron chi connectivity index (χ3n) is 3.01. The maximum Gasteiger partial charge on any atom is 0.148 e. The molecule has 1 aliphatic heterocycles. The average molecular weight is 261 g/mol. The molecular formula is C13H15N3OS. The van der Waals surface area contributed by atoms with Crippen molar-refractivity contribution in [3.05, 3.63) is 47.3 Å². The van der Waals surface area contributed by atoms with Crippen LogP contribution >= 0.6 is 11.8 Å². The summed E-state index contributed by atoms with van der Waals surface area (Å²) in [5.41, 5.74) is 3.54. The van der Waals surface area contributed by atoms with Crippen molar-refractivity contribution in [3.63, 3.8) is 0 Å². The number of nitrogens with zero attached hydrogens (tertiary/aromatic N) is 3. The zero-order chi connectivity index (χ0) is 12.4. The molecule has 0 bridgehead atoms. The van der Waals surface area contributed by atoms with E-state index in [0.29, 0.717) is 0 Å². The minimum absolute atomic E-state index is 0.0654. The van der Waals surface area contributed by atoms with E-state index in [9.17, 15) is 0 Å². The van der Waals surface area contributed by atoms with Gasteiger partial charge in [0.15, 0.2) is 0 Å². The number of ether oxygens (including phenoxy) is 1. The van der Waals surface area contributed by atoms with E-state index >= 15 is 0 Å². The molecule has 1 fully saturated rings. The van der Waals surface area contributed by atoms with Gasteiger partial charge in [-0.2, -0.15) is 0 Å². The van der Waals surface area contributed by atoms with E-state index in [1.165, 1.54) is 11.1 Å². The first-order valence-corrected chi connectivity index (χ1v) is 7.05. The highest BCUT2D eigenvalue weighted by atomic mass is 32.2. The first-order chi connectivity index (χ1) is 8.83. The zero-order valence-electron chi connectivity index (χ0n) is 10.2. The Hall–Kier alpha value is -1.33. The number of benzene rings is 1. The van der Waals surface area contributed by atoms with Crippen LogP contribution in [0.5, 0.6) is 0 Å². The van der Waals surface area contributed by atoms with Gasteiger partial charge < -0.3 is 4.74 Å². The second kappa shape index (κ2) is 5.12. The summed E-state index contributed by atoms with van der Waals surface area (Å²) < 4.78 is 7.45. The van der Waals surface area contributed by atoms with Gasteiger partial charge in [0.2, 0.25) is 0 Å². The minimum atomic E-state index is 0.0654. The monoisotopic (exact) mass is 261 g/mol. The fourth-order valence-electron chi connectivity index (χ4n) is 1.99. The van der Waals surface area contributed by atoms with E-state index in [2.05, 4.69) is 41.5 Å². The highest BCUT2D eigenvalue weighted by Crippen LogP contribution is 2.33. The van der Waals surface area contributed by atoms with E-state index in [1.54, 1.807) is 11.8 Å². The summed E-state index contributed by atoms with van der Waals surface area (Å²) in [5, 5.41) is 8.36. The normalized spacial score (nSPS) is 19.3. The number of thioether (sulfide) groups is 1. The molecule has 18 heavy (non-hydrogen) atoms. The van der Waals surface area contributed by atoms with Crippen molar-refractivity contribution in [2.45, 2.75) is 18.9 Å². The lowest BCUT2D eigenvalue weighted by atomic mass is 10.1. The maximum atomic E-state index is 5.57. The van der Waals surface area contributed by atoms with Crippen LogP contribution in [0.15, 0.2) is 30.5 Å². The number of hydrogen-bond donors (Lipinski definition) is 0. The molecule has 3 rings (SSSR count). The fourth-order valence-corrected chi connectivity index (χ4v) is 2.87. The summed E-state index contributed by atoms with van der Waals surface area (Å²) in [6, 6.07) is 8.34. The Morgan fingerprint density at radius 3 is 3.11 bits per heavy atom. The molecule has 0 radical (unpaired) electrons. The highest BCUT2D eigenvalue weighted by molar-refractivity contribution is 7.99. The van der Waals surface area contributed by atoms with Crippen molar-refractivity contribution in [2.75, 3.05) is 12.4 Å². The van der Waals surface area contributed by atoms with Crippen LogP contribution in [-0.4, -0.2) is 27.4 Å². The Bertz CT molecular complexity index is 535. The lowest BCUT2D eigenvalue weighted by molar-refractivity contribution is 0.142. The maximum absolute atomic E-state index is 5.57. The SMILES string of the molecule is Cc1ccccc1Cn1cc(C2OCCS2)nn1. The molecule has 0 aliphatic carbocycles. The van der Waals surface area contributed by atoms with Crippen LogP contribution in [0, 0.1) is 6.92 Å². The van der Waals surface area contributed by atoms with Crippen molar-refractivity contribution >= 4 is 11.8 Å². The van der Waals surface area contributed by atoms with Crippen LogP contribution in [0.2, 0.25) is 0 Å². The van der Waals surface area contributed by atoms with Gasteiger partial charge >= 0.3 is 0 Å². The predicted molar refractivity (Wildman–Crippen MR) is 71.5 cm³/mol. The van der Waals surface area contributed by atoms with Gasteiger partial charge in [-0.15, -0.1) is 16.9 Å². The molecule has 4 nitrogen and oxygen atoms in total. The third-order valence-corrected chi connectivity index (χ3v) is 4.10. The molecule has 1 aromatic carbocycles. The Morgan fingerprint density at radius 2 is 2.33 bits per heavy atom. The van der Waals surface area contributed by atoms with E-state index in [1.807, 2.05) is 10.9 Å². The Labute approximate surface area is 110 Å². The van der Waals surface area contributed by atoms with Crippen molar-refractivity contribution in [3.8, 4) is 0 Å². The van der Waals surface area contributed by atoms with Crippen LogP contribution in [0.25, 0.3) is 0 Å². The van der Waals surface area contributed by atoms with E-state index in [-0.39, 0.29) is 5.44 Å². The van der Waals surface area contributed by atoms with Gasteiger partial charge in [-0.05, 0) is 18.1 Å². The van der Waals surface area contributed by atoms with Crippen LogP contribution < -0.4 is 0 Å². The standard InChI is InChI=1S/C13H15N3OS/c1-10-4-2-3-5-11(10)8-16-9-12(14-15-16)13-17-6-7-18-13/h2-5,9,13H,6-8H2,1H3. The first-order valence-electron chi connectivity index (χ1n) is 6.01. The van der Waals surface area contributed by atoms with Gasteiger partial charge in [0.05, 0.1) is 19.3 Å². The van der Waals surface area contributed by atoms with Gasteiger partial charge in [0.1, 0.15) is 11.1 Å². The number of aromatic nitrogens is 3. The summed E-state index contributed by atoms with van der Waals surface area (Å²) in [5.74, 6) is 1.04. The summed E-state index contributed by atoms with van der Waals surface area (Å²) in [7, 11) is 0. The van der Waals surface area contributed by atoms with E-state index in [0.717, 1.165) is 24.6 Å². The van der Waals surface area contributed by atoms with Gasteiger partial charge in [0, 0.05) is 5.75 Å². The molecule has 0 N–H and O–H groups in total. The minimum Gasteiger partial charge on any atom is -0.360 e. The van der Waals surface area contributed by atoms with E-state index < -0.39 is 0 Å². The molecule has 94 valence electrons. The molecule has 0 amide bonds. The molecule has 5 heteroatoms. The van der Waals surface area contributed by atoms with Gasteiger partial charge in [-0.3, -0.25) is 0 Å². The highest BCUT2D eigenvalue weighted by Gasteiger charge is 2.21. The Kier molecular flexibility index (Phi) is 3.34. The Balaban J connectivity index is 1.75. The molecule has 0 saturated carbocycles. The smallest absolute Gasteiger partial charge is 0.148 e. The van der Waals surface area contributed by atoms with Crippen molar-refractivity contribution in [1.82, 2.24) is 15.0 Å². The summed E-state index contributed by atoms with van der Waals surface area (Å²) >= 11 is 1.78. The second-order valence-corrected chi connectivity index (χ2v) is 5.51. The summed E-state index contributed by atoms with van der Waals surface area (Å²) in [4.78, 5) is 0. The summed E-state index contributed by atoms with van der Waals surface area (Å²) in [6.45, 7) is 3.68.